The summed E-state index contributed by atoms with van der Waals surface area (Å²) < 4.78 is 0. The maximum Gasteiger partial charge on any atom is 0.0656 e. The largest absolute Gasteiger partial charge is 0.396 e. The van der Waals surface area contributed by atoms with Crippen LogP contribution in [0.5, 0.6) is 0 Å². The number of thioether (sulfide) groups is 1. The zero-order valence-corrected chi connectivity index (χ0v) is 8.44. The third-order valence-electron chi connectivity index (χ3n) is 1.71. The van der Waals surface area contributed by atoms with Crippen molar-refractivity contribution in [3.63, 3.8) is 0 Å². The average Bonchev–Trinajstić information content (AvgIpc) is 2.10. The van der Waals surface area contributed by atoms with Gasteiger partial charge in [-0.15, -0.1) is 0 Å². The van der Waals surface area contributed by atoms with Crippen molar-refractivity contribution >= 4 is 11.8 Å². The summed E-state index contributed by atoms with van der Waals surface area (Å²) in [5.74, 6) is 2.35. The Balaban J connectivity index is 3.27. The number of aliphatic hydroxyl groups is 1. The lowest BCUT2D eigenvalue weighted by atomic mass is 10.0. The fourth-order valence-electron chi connectivity index (χ4n) is 1.01. The predicted molar refractivity (Wildman–Crippen MR) is 53.0 cm³/mol. The first-order chi connectivity index (χ1) is 5.85. The zero-order valence-electron chi connectivity index (χ0n) is 7.62. The van der Waals surface area contributed by atoms with Crippen LogP contribution in [0.1, 0.15) is 26.2 Å². The van der Waals surface area contributed by atoms with Crippen LogP contribution in [0, 0.1) is 17.2 Å². The summed E-state index contributed by atoms with van der Waals surface area (Å²) in [6.07, 6.45) is 2.66. The Labute approximate surface area is 79.0 Å². The van der Waals surface area contributed by atoms with Gasteiger partial charge in [0.1, 0.15) is 0 Å². The van der Waals surface area contributed by atoms with Crippen LogP contribution in [-0.2, 0) is 0 Å². The van der Waals surface area contributed by atoms with Gasteiger partial charge in [-0.25, -0.2) is 0 Å². The fraction of sp³-hybridized carbons (Fsp3) is 0.889. The van der Waals surface area contributed by atoms with E-state index in [-0.39, 0.29) is 12.5 Å². The molecule has 0 aliphatic rings. The summed E-state index contributed by atoms with van der Waals surface area (Å²) in [6, 6.07) is 2.21. The molecule has 0 spiro atoms. The van der Waals surface area contributed by atoms with E-state index in [0.29, 0.717) is 6.42 Å². The average molecular weight is 187 g/mol. The Morgan fingerprint density at radius 3 is 2.75 bits per heavy atom. The van der Waals surface area contributed by atoms with Gasteiger partial charge in [0.05, 0.1) is 6.07 Å². The summed E-state index contributed by atoms with van der Waals surface area (Å²) in [5.41, 5.74) is 0. The van der Waals surface area contributed by atoms with Gasteiger partial charge in [0.25, 0.3) is 0 Å². The smallest absolute Gasteiger partial charge is 0.0656 e. The summed E-state index contributed by atoms with van der Waals surface area (Å²) >= 11 is 1.91. The molecule has 0 heterocycles. The molecule has 0 aromatic carbocycles. The zero-order chi connectivity index (χ0) is 9.23. The van der Waals surface area contributed by atoms with Crippen molar-refractivity contribution < 1.29 is 5.11 Å². The molecule has 0 radical (unpaired) electrons. The van der Waals surface area contributed by atoms with E-state index < -0.39 is 0 Å². The first-order valence-electron chi connectivity index (χ1n) is 4.43. The van der Waals surface area contributed by atoms with E-state index >= 15 is 0 Å². The van der Waals surface area contributed by atoms with Gasteiger partial charge >= 0.3 is 0 Å². The number of hydrogen-bond donors (Lipinski definition) is 1. The number of hydrogen-bond acceptors (Lipinski definition) is 3. The molecule has 0 bridgehead atoms. The molecule has 0 aliphatic heterocycles. The monoisotopic (exact) mass is 187 g/mol. The van der Waals surface area contributed by atoms with Gasteiger partial charge in [0, 0.05) is 12.5 Å². The van der Waals surface area contributed by atoms with Crippen LogP contribution in [-0.4, -0.2) is 23.2 Å². The molecule has 0 aromatic heterocycles. The van der Waals surface area contributed by atoms with Crippen LogP contribution in [0.3, 0.4) is 0 Å². The lowest BCUT2D eigenvalue weighted by molar-refractivity contribution is 0.268. The lowest BCUT2D eigenvalue weighted by Gasteiger charge is -2.05. The molecule has 1 atom stereocenters. The SMILES string of the molecule is CCSCCCC(C#N)CCO. The second-order valence-electron chi connectivity index (χ2n) is 2.68. The Morgan fingerprint density at radius 1 is 1.50 bits per heavy atom. The molecule has 2 nitrogen and oxygen atoms in total. The number of nitrogens with zero attached hydrogens (tertiary/aromatic N) is 1. The second-order valence-corrected chi connectivity index (χ2v) is 4.07. The normalized spacial score (nSPS) is 12.4. The molecule has 0 saturated heterocycles. The highest BCUT2D eigenvalue weighted by Crippen LogP contribution is 2.12. The molecule has 0 fully saturated rings. The minimum absolute atomic E-state index is 0.0625. The predicted octanol–water partition coefficient (Wildman–Crippen LogP) is 2.04. The van der Waals surface area contributed by atoms with E-state index in [2.05, 4.69) is 13.0 Å². The molecule has 0 aliphatic carbocycles. The topological polar surface area (TPSA) is 44.0 Å². The Hall–Kier alpha value is -0.200. The highest BCUT2D eigenvalue weighted by atomic mass is 32.2. The Morgan fingerprint density at radius 2 is 2.25 bits per heavy atom. The highest BCUT2D eigenvalue weighted by molar-refractivity contribution is 7.99. The summed E-state index contributed by atoms with van der Waals surface area (Å²) in [6.45, 7) is 2.28. The van der Waals surface area contributed by atoms with Crippen molar-refractivity contribution in [1.82, 2.24) is 0 Å². The third-order valence-corrected chi connectivity index (χ3v) is 2.69. The van der Waals surface area contributed by atoms with E-state index in [1.807, 2.05) is 11.8 Å². The molecule has 1 N–H and O–H groups in total. The van der Waals surface area contributed by atoms with Crippen molar-refractivity contribution in [2.24, 2.45) is 5.92 Å². The molecule has 0 amide bonds. The van der Waals surface area contributed by atoms with Gasteiger partial charge in [-0.2, -0.15) is 17.0 Å². The first-order valence-corrected chi connectivity index (χ1v) is 5.58. The molecule has 12 heavy (non-hydrogen) atoms. The van der Waals surface area contributed by atoms with Crippen molar-refractivity contribution in [3.8, 4) is 6.07 Å². The number of aliphatic hydroxyl groups excluding tert-OH is 1. The van der Waals surface area contributed by atoms with Gasteiger partial charge in [-0.3, -0.25) is 0 Å². The van der Waals surface area contributed by atoms with Gasteiger partial charge < -0.3 is 5.11 Å². The van der Waals surface area contributed by atoms with Crippen LogP contribution in [0.25, 0.3) is 0 Å². The van der Waals surface area contributed by atoms with Crippen molar-refractivity contribution in [3.05, 3.63) is 0 Å². The first kappa shape index (κ1) is 11.8. The van der Waals surface area contributed by atoms with Gasteiger partial charge in [0.2, 0.25) is 0 Å². The maximum atomic E-state index is 8.65. The second kappa shape index (κ2) is 8.89. The molecule has 1 unspecified atom stereocenters. The third kappa shape index (κ3) is 6.51. The van der Waals surface area contributed by atoms with Crippen LogP contribution in [0.15, 0.2) is 0 Å². The van der Waals surface area contributed by atoms with Gasteiger partial charge in [-0.05, 0) is 30.8 Å². The summed E-state index contributed by atoms with van der Waals surface area (Å²) in [7, 11) is 0. The van der Waals surface area contributed by atoms with Crippen LogP contribution >= 0.6 is 11.8 Å². The van der Waals surface area contributed by atoms with Crippen LogP contribution < -0.4 is 0 Å². The highest BCUT2D eigenvalue weighted by Gasteiger charge is 2.05. The summed E-state index contributed by atoms with van der Waals surface area (Å²) in [5, 5.41) is 17.3. The minimum atomic E-state index is 0.0625. The maximum absolute atomic E-state index is 8.65. The number of nitriles is 1. The van der Waals surface area contributed by atoms with Crippen molar-refractivity contribution in [2.75, 3.05) is 18.1 Å². The van der Waals surface area contributed by atoms with Gasteiger partial charge in [-0.1, -0.05) is 6.92 Å². The van der Waals surface area contributed by atoms with Crippen molar-refractivity contribution in [1.29, 1.82) is 5.26 Å². The number of rotatable bonds is 7. The van der Waals surface area contributed by atoms with E-state index in [9.17, 15) is 0 Å². The van der Waals surface area contributed by atoms with Crippen LogP contribution in [0.4, 0.5) is 0 Å². The summed E-state index contributed by atoms with van der Waals surface area (Å²) in [4.78, 5) is 0. The van der Waals surface area contributed by atoms with E-state index in [1.165, 1.54) is 0 Å². The fourth-order valence-corrected chi connectivity index (χ4v) is 1.66. The molecule has 0 saturated carbocycles. The molecule has 0 aromatic rings. The van der Waals surface area contributed by atoms with Crippen molar-refractivity contribution in [2.45, 2.75) is 26.2 Å². The minimum Gasteiger partial charge on any atom is -0.396 e. The Kier molecular flexibility index (Phi) is 8.74. The van der Waals surface area contributed by atoms with Crippen LogP contribution in [0.2, 0.25) is 0 Å². The molecule has 3 heteroatoms. The Bertz CT molecular complexity index is 133. The standard InChI is InChI=1S/C9H17NOS/c1-2-12-7-3-4-9(8-10)5-6-11/h9,11H,2-7H2,1H3. The van der Waals surface area contributed by atoms with E-state index in [4.69, 9.17) is 10.4 Å². The quantitative estimate of drug-likeness (QED) is 0.620. The molecular formula is C9H17NOS. The molecule has 0 rings (SSSR count). The molecule has 70 valence electrons. The molecular weight excluding hydrogens is 170 g/mol. The van der Waals surface area contributed by atoms with E-state index in [1.54, 1.807) is 0 Å². The van der Waals surface area contributed by atoms with Gasteiger partial charge in [0.15, 0.2) is 0 Å². The van der Waals surface area contributed by atoms with E-state index in [0.717, 1.165) is 24.3 Å². The lowest BCUT2D eigenvalue weighted by Crippen LogP contribution is -2.00.